The lowest BCUT2D eigenvalue weighted by molar-refractivity contribution is 0.909. The van der Waals surface area contributed by atoms with Crippen molar-refractivity contribution in [2.24, 2.45) is 0 Å². The van der Waals surface area contributed by atoms with Crippen LogP contribution in [0.25, 0.3) is 0 Å². The summed E-state index contributed by atoms with van der Waals surface area (Å²) in [4.78, 5) is 11.0. The molecule has 60 valence electrons. The van der Waals surface area contributed by atoms with E-state index in [0.717, 1.165) is 0 Å². The van der Waals surface area contributed by atoms with Gasteiger partial charge in [0.1, 0.15) is 5.69 Å². The van der Waals surface area contributed by atoms with Gasteiger partial charge in [-0.1, -0.05) is 0 Å². The van der Waals surface area contributed by atoms with Crippen molar-refractivity contribution >= 4 is 23.2 Å². The van der Waals surface area contributed by atoms with Gasteiger partial charge in [-0.25, -0.2) is 0 Å². The minimum Gasteiger partial charge on any atom is -0.288 e. The highest BCUT2D eigenvalue weighted by molar-refractivity contribution is 6.17. The van der Waals surface area contributed by atoms with Crippen LogP contribution in [0.4, 0.5) is 0 Å². The zero-order valence-electron chi connectivity index (χ0n) is 5.60. The zero-order valence-corrected chi connectivity index (χ0v) is 7.11. The molecule has 5 heteroatoms. The fraction of sp³-hybridized carbons (Fsp3) is 0.333. The second-order valence-electron chi connectivity index (χ2n) is 1.97. The highest BCUT2D eigenvalue weighted by Gasteiger charge is 1.99. The predicted octanol–water partition coefficient (Wildman–Crippen LogP) is 1.25. The van der Waals surface area contributed by atoms with E-state index in [0.29, 0.717) is 11.4 Å². The Morgan fingerprint density at radius 2 is 2.18 bits per heavy atom. The van der Waals surface area contributed by atoms with Crippen molar-refractivity contribution in [3.63, 3.8) is 0 Å². The summed E-state index contributed by atoms with van der Waals surface area (Å²) in [5.41, 5.74) is 0.750. The minimum absolute atomic E-state index is 0.123. The monoisotopic (exact) mass is 192 g/mol. The molecule has 1 rings (SSSR count). The second-order valence-corrected chi connectivity index (χ2v) is 2.51. The SMILES string of the molecule is O=c1cc(CCl)[nH]nc1CCl. The number of nitrogens with zero attached hydrogens (tertiary/aromatic N) is 1. The number of rotatable bonds is 2. The van der Waals surface area contributed by atoms with Crippen molar-refractivity contribution in [2.45, 2.75) is 11.8 Å². The molecule has 0 saturated carbocycles. The summed E-state index contributed by atoms with van der Waals surface area (Å²) in [5.74, 6) is 0.378. The van der Waals surface area contributed by atoms with E-state index in [1.807, 2.05) is 0 Å². The number of aromatic nitrogens is 2. The van der Waals surface area contributed by atoms with Crippen LogP contribution in [-0.4, -0.2) is 10.2 Å². The molecule has 0 aliphatic heterocycles. The quantitative estimate of drug-likeness (QED) is 0.718. The Hall–Kier alpha value is -0.540. The van der Waals surface area contributed by atoms with Crippen LogP contribution in [-0.2, 0) is 11.8 Å². The Morgan fingerprint density at radius 1 is 1.45 bits per heavy atom. The standard InChI is InChI=1S/C6H6Cl2N2O/c7-2-4-1-6(11)5(3-8)10-9-4/h1H,2-3H2,(H,9,11). The van der Waals surface area contributed by atoms with Crippen LogP contribution in [0.5, 0.6) is 0 Å². The molecule has 1 aromatic heterocycles. The van der Waals surface area contributed by atoms with E-state index in [1.165, 1.54) is 6.07 Å². The molecule has 1 N–H and O–H groups in total. The van der Waals surface area contributed by atoms with Gasteiger partial charge >= 0.3 is 0 Å². The Bertz CT molecular complexity index is 297. The summed E-state index contributed by atoms with van der Waals surface area (Å²) in [6, 6.07) is 1.40. The van der Waals surface area contributed by atoms with Gasteiger partial charge in [-0.15, -0.1) is 23.2 Å². The molecule has 0 atom stereocenters. The third kappa shape index (κ3) is 1.94. The molecule has 0 aromatic carbocycles. The van der Waals surface area contributed by atoms with E-state index in [9.17, 15) is 4.79 Å². The predicted molar refractivity (Wildman–Crippen MR) is 44.0 cm³/mol. The lowest BCUT2D eigenvalue weighted by atomic mass is 10.3. The van der Waals surface area contributed by atoms with Gasteiger partial charge in [0.2, 0.25) is 5.43 Å². The van der Waals surface area contributed by atoms with Crippen LogP contribution in [0, 0.1) is 0 Å². The van der Waals surface area contributed by atoms with Crippen LogP contribution in [0.3, 0.4) is 0 Å². The number of hydrogen-bond acceptors (Lipinski definition) is 2. The molecule has 0 unspecified atom stereocenters. The highest BCUT2D eigenvalue weighted by atomic mass is 35.5. The maximum atomic E-state index is 11.0. The van der Waals surface area contributed by atoms with Crippen molar-refractivity contribution in [2.75, 3.05) is 0 Å². The van der Waals surface area contributed by atoms with E-state index < -0.39 is 0 Å². The molecule has 0 amide bonds. The number of alkyl halides is 2. The first kappa shape index (κ1) is 8.56. The van der Waals surface area contributed by atoms with Gasteiger partial charge in [-0.3, -0.25) is 9.89 Å². The normalized spacial score (nSPS) is 10.0. The number of nitrogens with one attached hydrogen (secondary N) is 1. The molecule has 0 bridgehead atoms. The molecule has 3 nitrogen and oxygen atoms in total. The van der Waals surface area contributed by atoms with E-state index in [4.69, 9.17) is 23.2 Å². The van der Waals surface area contributed by atoms with Gasteiger partial charge in [0.15, 0.2) is 0 Å². The van der Waals surface area contributed by atoms with Crippen molar-refractivity contribution < 1.29 is 0 Å². The van der Waals surface area contributed by atoms with Gasteiger partial charge in [0.25, 0.3) is 0 Å². The van der Waals surface area contributed by atoms with Gasteiger partial charge < -0.3 is 0 Å². The number of H-pyrrole nitrogens is 1. The third-order valence-electron chi connectivity index (χ3n) is 1.19. The number of hydrogen-bond donors (Lipinski definition) is 1. The molecule has 1 heterocycles. The molecule has 0 saturated heterocycles. The molecule has 0 aliphatic carbocycles. The first-order valence-electron chi connectivity index (χ1n) is 2.97. The molecule has 1 aromatic rings. The van der Waals surface area contributed by atoms with Gasteiger partial charge in [-0.05, 0) is 0 Å². The second kappa shape index (κ2) is 3.74. The summed E-state index contributed by atoms with van der Waals surface area (Å²) < 4.78 is 0. The highest BCUT2D eigenvalue weighted by Crippen LogP contribution is 1.96. The average molecular weight is 193 g/mol. The van der Waals surface area contributed by atoms with Crippen molar-refractivity contribution in [1.29, 1.82) is 0 Å². The zero-order chi connectivity index (χ0) is 8.27. The fourth-order valence-electron chi connectivity index (χ4n) is 0.632. The smallest absolute Gasteiger partial charge is 0.204 e. The molecule has 0 radical (unpaired) electrons. The van der Waals surface area contributed by atoms with Gasteiger partial charge in [0.05, 0.1) is 17.5 Å². The van der Waals surface area contributed by atoms with Crippen molar-refractivity contribution in [3.8, 4) is 0 Å². The first-order valence-corrected chi connectivity index (χ1v) is 4.04. The Morgan fingerprint density at radius 3 is 2.64 bits per heavy atom. The minimum atomic E-state index is -0.172. The summed E-state index contributed by atoms with van der Waals surface area (Å²) in [6.07, 6.45) is 0. The summed E-state index contributed by atoms with van der Waals surface area (Å²) in [5, 5.41) is 6.33. The first-order chi connectivity index (χ1) is 5.27. The van der Waals surface area contributed by atoms with E-state index in [1.54, 1.807) is 0 Å². The molecule has 0 fully saturated rings. The molecule has 0 aliphatic rings. The lowest BCUT2D eigenvalue weighted by Gasteiger charge is -1.95. The Labute approximate surface area is 73.3 Å². The average Bonchev–Trinajstić information content (AvgIpc) is 2.04. The number of aromatic amines is 1. The van der Waals surface area contributed by atoms with E-state index >= 15 is 0 Å². The van der Waals surface area contributed by atoms with Gasteiger partial charge in [0, 0.05) is 6.07 Å². The summed E-state index contributed by atoms with van der Waals surface area (Å²) >= 11 is 10.9. The largest absolute Gasteiger partial charge is 0.288 e. The Kier molecular flexibility index (Phi) is 2.91. The topological polar surface area (TPSA) is 45.8 Å². The van der Waals surface area contributed by atoms with Crippen LogP contribution in [0.15, 0.2) is 10.9 Å². The maximum absolute atomic E-state index is 11.0. The lowest BCUT2D eigenvalue weighted by Crippen LogP contribution is -2.11. The fourth-order valence-corrected chi connectivity index (χ4v) is 0.961. The van der Waals surface area contributed by atoms with Crippen LogP contribution < -0.4 is 5.43 Å². The van der Waals surface area contributed by atoms with Crippen molar-refractivity contribution in [1.82, 2.24) is 10.2 Å². The van der Waals surface area contributed by atoms with Crippen LogP contribution >= 0.6 is 23.2 Å². The third-order valence-corrected chi connectivity index (χ3v) is 1.74. The van der Waals surface area contributed by atoms with E-state index in [-0.39, 0.29) is 17.2 Å². The molecule has 11 heavy (non-hydrogen) atoms. The number of halogens is 2. The van der Waals surface area contributed by atoms with Crippen LogP contribution in [0.2, 0.25) is 0 Å². The van der Waals surface area contributed by atoms with Gasteiger partial charge in [-0.2, -0.15) is 5.10 Å². The molecule has 0 spiro atoms. The van der Waals surface area contributed by atoms with Crippen molar-refractivity contribution in [3.05, 3.63) is 27.7 Å². The Balaban J connectivity index is 3.10. The van der Waals surface area contributed by atoms with E-state index in [2.05, 4.69) is 10.2 Å². The summed E-state index contributed by atoms with van der Waals surface area (Å²) in [6.45, 7) is 0. The molecular formula is C6H6Cl2N2O. The molecular weight excluding hydrogens is 187 g/mol. The maximum Gasteiger partial charge on any atom is 0.204 e. The summed E-state index contributed by atoms with van der Waals surface area (Å²) in [7, 11) is 0. The van der Waals surface area contributed by atoms with Crippen LogP contribution in [0.1, 0.15) is 11.4 Å².